The van der Waals surface area contributed by atoms with E-state index in [1.165, 1.54) is 0 Å². The van der Waals surface area contributed by atoms with E-state index in [0.29, 0.717) is 28.1 Å². The Morgan fingerprint density at radius 1 is 1.50 bits per heavy atom. The number of amides is 1. The Labute approximate surface area is 113 Å². The molecule has 0 saturated heterocycles. The fourth-order valence-corrected chi connectivity index (χ4v) is 1.81. The molecule has 2 nitrogen and oxygen atoms in total. The number of halogens is 3. The highest BCUT2D eigenvalue weighted by Crippen LogP contribution is 2.20. The van der Waals surface area contributed by atoms with Crippen LogP contribution in [0.4, 0.5) is 0 Å². The number of hydrogen-bond donors (Lipinski definition) is 1. The molecular weight excluding hydrogens is 313 g/mol. The number of carbonyl (C=O) groups excluding carboxylic acids is 1. The highest BCUT2D eigenvalue weighted by Gasteiger charge is 2.11. The summed E-state index contributed by atoms with van der Waals surface area (Å²) in [6, 6.07) is 4.83. The van der Waals surface area contributed by atoms with Gasteiger partial charge in [-0.25, -0.2) is 0 Å². The van der Waals surface area contributed by atoms with Gasteiger partial charge in [0.1, 0.15) is 0 Å². The molecule has 0 aromatic heterocycles. The predicted octanol–water partition coefficient (Wildman–Crippen LogP) is 3.75. The topological polar surface area (TPSA) is 29.1 Å². The zero-order chi connectivity index (χ0) is 12.1. The fourth-order valence-electron chi connectivity index (χ4n) is 1.09. The van der Waals surface area contributed by atoms with E-state index in [9.17, 15) is 4.79 Å². The maximum absolute atomic E-state index is 11.7. The van der Waals surface area contributed by atoms with Gasteiger partial charge in [0.2, 0.25) is 0 Å². The van der Waals surface area contributed by atoms with Crippen LogP contribution in [0.1, 0.15) is 17.3 Å². The molecule has 1 N–H and O–H groups in total. The van der Waals surface area contributed by atoms with Crippen molar-refractivity contribution in [3.63, 3.8) is 0 Å². The summed E-state index contributed by atoms with van der Waals surface area (Å²) >= 11 is 15.0. The maximum atomic E-state index is 11.7. The number of carbonyl (C=O) groups is 1. The molecule has 0 saturated carbocycles. The molecule has 1 rings (SSSR count). The smallest absolute Gasteiger partial charge is 0.252 e. The van der Waals surface area contributed by atoms with Crippen LogP contribution in [0.3, 0.4) is 0 Å². The van der Waals surface area contributed by atoms with Crippen molar-refractivity contribution in [1.29, 1.82) is 0 Å². The van der Waals surface area contributed by atoms with E-state index in [1.807, 2.05) is 6.92 Å². The summed E-state index contributed by atoms with van der Waals surface area (Å²) in [6.07, 6.45) is 0. The summed E-state index contributed by atoms with van der Waals surface area (Å²) in [5.74, 6) is 0.212. The van der Waals surface area contributed by atoms with E-state index in [1.54, 1.807) is 18.2 Å². The summed E-state index contributed by atoms with van der Waals surface area (Å²) in [7, 11) is 0. The predicted molar refractivity (Wildman–Crippen MR) is 71.8 cm³/mol. The van der Waals surface area contributed by atoms with Gasteiger partial charge in [-0.3, -0.25) is 4.79 Å². The van der Waals surface area contributed by atoms with Gasteiger partial charge in [-0.1, -0.05) is 46.1 Å². The molecule has 16 heavy (non-hydrogen) atoms. The van der Waals surface area contributed by atoms with E-state index >= 15 is 0 Å². The summed E-state index contributed by atoms with van der Waals surface area (Å²) in [5.41, 5.74) is 0.452. The van der Waals surface area contributed by atoms with Crippen molar-refractivity contribution in [1.82, 2.24) is 5.32 Å². The Morgan fingerprint density at radius 3 is 2.75 bits per heavy atom. The second-order valence-corrected chi connectivity index (χ2v) is 5.08. The Balaban J connectivity index is 2.66. The Hall–Kier alpha value is -0.250. The number of benzene rings is 1. The lowest BCUT2D eigenvalue weighted by Crippen LogP contribution is -2.28. The number of hydrogen-bond acceptors (Lipinski definition) is 1. The molecule has 0 radical (unpaired) electrons. The molecular formula is C11H12BrCl2NO. The molecule has 1 aromatic carbocycles. The molecule has 0 aliphatic carbocycles. The van der Waals surface area contributed by atoms with Crippen molar-refractivity contribution in [2.24, 2.45) is 5.92 Å². The zero-order valence-corrected chi connectivity index (χ0v) is 11.9. The highest BCUT2D eigenvalue weighted by molar-refractivity contribution is 9.09. The van der Waals surface area contributed by atoms with Crippen molar-refractivity contribution >= 4 is 45.0 Å². The van der Waals surface area contributed by atoms with Crippen molar-refractivity contribution in [2.45, 2.75) is 6.92 Å². The Kier molecular flexibility index (Phi) is 5.59. The lowest BCUT2D eigenvalue weighted by molar-refractivity contribution is 0.0949. The lowest BCUT2D eigenvalue weighted by Gasteiger charge is -2.10. The first-order valence-corrected chi connectivity index (χ1v) is 6.71. The second kappa shape index (κ2) is 6.48. The first kappa shape index (κ1) is 13.8. The molecule has 1 unspecified atom stereocenters. The largest absolute Gasteiger partial charge is 0.352 e. The monoisotopic (exact) mass is 323 g/mol. The number of alkyl halides is 1. The van der Waals surface area contributed by atoms with Crippen LogP contribution in [-0.2, 0) is 0 Å². The second-order valence-electron chi connectivity index (χ2n) is 3.59. The molecule has 1 aromatic rings. The van der Waals surface area contributed by atoms with Crippen molar-refractivity contribution in [3.8, 4) is 0 Å². The standard InChI is InChI=1S/C11H12BrCl2NO/c1-7(5-12)6-15-11(16)9-3-2-8(13)4-10(9)14/h2-4,7H,5-6H2,1H3,(H,15,16). The van der Waals surface area contributed by atoms with Gasteiger partial charge in [0.25, 0.3) is 5.91 Å². The van der Waals surface area contributed by atoms with Crippen LogP contribution >= 0.6 is 39.1 Å². The molecule has 1 atom stereocenters. The van der Waals surface area contributed by atoms with E-state index < -0.39 is 0 Å². The van der Waals surface area contributed by atoms with Gasteiger partial charge in [-0.15, -0.1) is 0 Å². The van der Waals surface area contributed by atoms with Crippen LogP contribution in [0, 0.1) is 5.92 Å². The zero-order valence-electron chi connectivity index (χ0n) is 8.77. The minimum absolute atomic E-state index is 0.172. The summed E-state index contributed by atoms with van der Waals surface area (Å²) in [6.45, 7) is 2.65. The van der Waals surface area contributed by atoms with Gasteiger partial charge in [0, 0.05) is 16.9 Å². The molecule has 0 heterocycles. The van der Waals surface area contributed by atoms with Crippen LogP contribution in [0.15, 0.2) is 18.2 Å². The summed E-state index contributed by atoms with van der Waals surface area (Å²) < 4.78 is 0. The van der Waals surface area contributed by atoms with Gasteiger partial charge >= 0.3 is 0 Å². The number of nitrogens with one attached hydrogen (secondary N) is 1. The van der Waals surface area contributed by atoms with Gasteiger partial charge in [-0.2, -0.15) is 0 Å². The Bertz CT molecular complexity index is 384. The normalized spacial score (nSPS) is 12.2. The minimum atomic E-state index is -0.172. The van der Waals surface area contributed by atoms with Crippen LogP contribution < -0.4 is 5.32 Å². The van der Waals surface area contributed by atoms with Crippen molar-refractivity contribution in [2.75, 3.05) is 11.9 Å². The summed E-state index contributed by atoms with van der Waals surface area (Å²) in [4.78, 5) is 11.7. The third-order valence-electron chi connectivity index (χ3n) is 2.05. The molecule has 1 amide bonds. The van der Waals surface area contributed by atoms with Gasteiger partial charge < -0.3 is 5.32 Å². The van der Waals surface area contributed by atoms with E-state index in [0.717, 1.165) is 5.33 Å². The van der Waals surface area contributed by atoms with Crippen molar-refractivity contribution in [3.05, 3.63) is 33.8 Å². The van der Waals surface area contributed by atoms with Gasteiger partial charge in [-0.05, 0) is 24.1 Å². The highest BCUT2D eigenvalue weighted by atomic mass is 79.9. The Morgan fingerprint density at radius 2 is 2.19 bits per heavy atom. The number of rotatable bonds is 4. The molecule has 0 aliphatic rings. The maximum Gasteiger partial charge on any atom is 0.252 e. The average molecular weight is 325 g/mol. The molecule has 0 aliphatic heterocycles. The van der Waals surface area contributed by atoms with E-state index in [4.69, 9.17) is 23.2 Å². The first-order valence-electron chi connectivity index (χ1n) is 4.83. The molecule has 0 bridgehead atoms. The lowest BCUT2D eigenvalue weighted by atomic mass is 10.2. The molecule has 0 fully saturated rings. The SMILES string of the molecule is CC(CBr)CNC(=O)c1ccc(Cl)cc1Cl. The van der Waals surface area contributed by atoms with Gasteiger partial charge in [0.05, 0.1) is 10.6 Å². The third-order valence-corrected chi connectivity index (χ3v) is 3.70. The van der Waals surface area contributed by atoms with Crippen LogP contribution in [-0.4, -0.2) is 17.8 Å². The van der Waals surface area contributed by atoms with E-state index in [-0.39, 0.29) is 5.91 Å². The van der Waals surface area contributed by atoms with Gasteiger partial charge in [0.15, 0.2) is 0 Å². The van der Waals surface area contributed by atoms with Crippen LogP contribution in [0.2, 0.25) is 10.0 Å². The minimum Gasteiger partial charge on any atom is -0.352 e. The van der Waals surface area contributed by atoms with Crippen LogP contribution in [0.5, 0.6) is 0 Å². The molecule has 0 spiro atoms. The summed E-state index contributed by atoms with van der Waals surface area (Å²) in [5, 5.41) is 4.56. The fraction of sp³-hybridized carbons (Fsp3) is 0.364. The quantitative estimate of drug-likeness (QED) is 0.839. The van der Waals surface area contributed by atoms with Crippen molar-refractivity contribution < 1.29 is 4.79 Å². The first-order chi connectivity index (χ1) is 7.54. The third kappa shape index (κ3) is 3.96. The van der Waals surface area contributed by atoms with E-state index in [2.05, 4.69) is 21.2 Å². The van der Waals surface area contributed by atoms with Crippen LogP contribution in [0.25, 0.3) is 0 Å². The molecule has 88 valence electrons. The average Bonchev–Trinajstić information content (AvgIpc) is 2.25. The molecule has 5 heteroatoms.